The summed E-state index contributed by atoms with van der Waals surface area (Å²) < 4.78 is 0. The summed E-state index contributed by atoms with van der Waals surface area (Å²) in [5.74, 6) is 0.769. The van der Waals surface area contributed by atoms with Gasteiger partial charge in [-0.15, -0.1) is 0 Å². The number of ketones is 1. The molecule has 4 rings (SSSR count). The summed E-state index contributed by atoms with van der Waals surface area (Å²) in [5.41, 5.74) is 5.18. The number of hydrogen-bond donors (Lipinski definition) is 0. The van der Waals surface area contributed by atoms with Crippen molar-refractivity contribution < 1.29 is 4.79 Å². The van der Waals surface area contributed by atoms with E-state index < -0.39 is 0 Å². The molecule has 32 heavy (non-hydrogen) atoms. The van der Waals surface area contributed by atoms with Gasteiger partial charge in [-0.1, -0.05) is 13.8 Å². The van der Waals surface area contributed by atoms with Gasteiger partial charge in [0.15, 0.2) is 17.4 Å². The van der Waals surface area contributed by atoms with Crippen LogP contribution in [0.1, 0.15) is 52.5 Å². The van der Waals surface area contributed by atoms with Crippen LogP contribution >= 0.6 is 0 Å². The highest BCUT2D eigenvalue weighted by Crippen LogP contribution is 2.23. The third kappa shape index (κ3) is 3.96. The molecule has 0 N–H and O–H groups in total. The molecule has 0 aliphatic heterocycles. The molecule has 0 saturated heterocycles. The molecule has 0 bridgehead atoms. The van der Waals surface area contributed by atoms with E-state index >= 15 is 0 Å². The topological polar surface area (TPSA) is 120 Å². The minimum Gasteiger partial charge on any atom is -0.288 e. The van der Waals surface area contributed by atoms with E-state index in [9.17, 15) is 4.79 Å². The Morgan fingerprint density at radius 2 is 1.12 bits per heavy atom. The van der Waals surface area contributed by atoms with E-state index in [0.717, 1.165) is 35.4 Å². The molecule has 0 unspecified atom stereocenters. The molecule has 9 nitrogen and oxygen atoms in total. The van der Waals surface area contributed by atoms with Crippen LogP contribution in [0.3, 0.4) is 0 Å². The number of carbonyl (C=O) groups is 1. The SMILES string of the molecule is CCc1ncncc1-c1ncc(C(=O)c2cnc(-c3cncnc3CC)nc2C)c(C)n1. The molecule has 4 heterocycles. The van der Waals surface area contributed by atoms with Crippen LogP contribution in [0, 0.1) is 13.8 Å². The molecule has 0 saturated carbocycles. The summed E-state index contributed by atoms with van der Waals surface area (Å²) in [7, 11) is 0. The van der Waals surface area contributed by atoms with Crippen LogP contribution in [0.5, 0.6) is 0 Å². The van der Waals surface area contributed by atoms with E-state index in [4.69, 9.17) is 0 Å². The van der Waals surface area contributed by atoms with Crippen LogP contribution in [0.4, 0.5) is 0 Å². The number of rotatable bonds is 6. The number of nitrogens with zero attached hydrogens (tertiary/aromatic N) is 8. The highest BCUT2D eigenvalue weighted by atomic mass is 16.1. The van der Waals surface area contributed by atoms with Crippen LogP contribution < -0.4 is 0 Å². The van der Waals surface area contributed by atoms with Crippen LogP contribution in [0.25, 0.3) is 22.8 Å². The maximum Gasteiger partial charge on any atom is 0.199 e. The number of aryl methyl sites for hydroxylation is 4. The van der Waals surface area contributed by atoms with Gasteiger partial charge in [0.1, 0.15) is 12.7 Å². The average molecular weight is 426 g/mol. The molecular weight excluding hydrogens is 404 g/mol. The molecule has 0 atom stereocenters. The predicted molar refractivity (Wildman–Crippen MR) is 118 cm³/mol. The van der Waals surface area contributed by atoms with Crippen molar-refractivity contribution in [1.29, 1.82) is 0 Å². The standard InChI is InChI=1S/C23H22N8O/c1-5-19-17(7-24-11-28-19)22-26-9-15(13(3)30-22)21(32)16-10-27-23(31-14(16)4)18-8-25-12-29-20(18)6-2/h7-12H,5-6H2,1-4H3. The van der Waals surface area contributed by atoms with E-state index in [1.54, 1.807) is 38.6 Å². The zero-order valence-corrected chi connectivity index (χ0v) is 18.4. The number of hydrogen-bond acceptors (Lipinski definition) is 9. The summed E-state index contributed by atoms with van der Waals surface area (Å²) in [4.78, 5) is 47.9. The lowest BCUT2D eigenvalue weighted by Crippen LogP contribution is -2.11. The van der Waals surface area contributed by atoms with Gasteiger partial charge in [-0.05, 0) is 26.7 Å². The molecular formula is C23H22N8O. The van der Waals surface area contributed by atoms with Crippen molar-refractivity contribution in [2.75, 3.05) is 0 Å². The highest BCUT2D eigenvalue weighted by molar-refractivity contribution is 6.10. The van der Waals surface area contributed by atoms with Crippen LogP contribution in [0.15, 0.2) is 37.4 Å². The molecule has 4 aromatic heterocycles. The van der Waals surface area contributed by atoms with E-state index in [-0.39, 0.29) is 5.78 Å². The molecule has 0 radical (unpaired) electrons. The lowest BCUT2D eigenvalue weighted by molar-refractivity contribution is 0.103. The van der Waals surface area contributed by atoms with Gasteiger partial charge in [-0.3, -0.25) is 4.79 Å². The molecule has 4 aromatic rings. The van der Waals surface area contributed by atoms with Crippen molar-refractivity contribution in [1.82, 2.24) is 39.9 Å². The maximum atomic E-state index is 13.2. The van der Waals surface area contributed by atoms with Gasteiger partial charge in [0.2, 0.25) is 0 Å². The Balaban J connectivity index is 1.67. The van der Waals surface area contributed by atoms with E-state index in [1.165, 1.54) is 12.7 Å². The molecule has 0 amide bonds. The summed E-state index contributed by atoms with van der Waals surface area (Å²) in [6, 6.07) is 0. The first-order valence-corrected chi connectivity index (χ1v) is 10.3. The molecule has 0 fully saturated rings. The van der Waals surface area contributed by atoms with E-state index in [2.05, 4.69) is 39.9 Å². The van der Waals surface area contributed by atoms with Crippen molar-refractivity contribution in [3.05, 3.63) is 71.3 Å². The van der Waals surface area contributed by atoms with Crippen molar-refractivity contribution in [3.63, 3.8) is 0 Å². The Bertz CT molecular complexity index is 1210. The number of carbonyl (C=O) groups excluding carboxylic acids is 1. The first-order valence-electron chi connectivity index (χ1n) is 10.3. The first-order chi connectivity index (χ1) is 15.5. The van der Waals surface area contributed by atoms with Gasteiger partial charge in [0.25, 0.3) is 0 Å². The zero-order valence-electron chi connectivity index (χ0n) is 18.4. The van der Waals surface area contributed by atoms with Crippen molar-refractivity contribution in [3.8, 4) is 22.8 Å². The van der Waals surface area contributed by atoms with Crippen molar-refractivity contribution >= 4 is 5.78 Å². The lowest BCUT2D eigenvalue weighted by atomic mass is 10.0. The first kappa shape index (κ1) is 21.2. The Morgan fingerprint density at radius 1 is 0.688 bits per heavy atom. The van der Waals surface area contributed by atoms with Crippen LogP contribution in [-0.4, -0.2) is 45.7 Å². The lowest BCUT2D eigenvalue weighted by Gasteiger charge is -2.10. The van der Waals surface area contributed by atoms with Gasteiger partial charge in [0, 0.05) is 24.8 Å². The Hall–Kier alpha value is -4.01. The zero-order chi connectivity index (χ0) is 22.7. The average Bonchev–Trinajstić information content (AvgIpc) is 2.83. The molecule has 0 aromatic carbocycles. The summed E-state index contributed by atoms with van der Waals surface area (Å²) >= 11 is 0. The third-order valence-electron chi connectivity index (χ3n) is 5.19. The Labute approximate surface area is 185 Å². The summed E-state index contributed by atoms with van der Waals surface area (Å²) in [5, 5.41) is 0. The van der Waals surface area contributed by atoms with Crippen molar-refractivity contribution in [2.24, 2.45) is 0 Å². The monoisotopic (exact) mass is 426 g/mol. The van der Waals surface area contributed by atoms with Gasteiger partial charge in [-0.2, -0.15) is 0 Å². The molecule has 9 heteroatoms. The normalized spacial score (nSPS) is 10.9. The molecule has 0 aliphatic carbocycles. The molecule has 0 aliphatic rings. The fourth-order valence-corrected chi connectivity index (χ4v) is 3.43. The maximum absolute atomic E-state index is 13.2. The second kappa shape index (κ2) is 9.01. The van der Waals surface area contributed by atoms with Crippen molar-refractivity contribution in [2.45, 2.75) is 40.5 Å². The third-order valence-corrected chi connectivity index (χ3v) is 5.19. The van der Waals surface area contributed by atoms with Crippen LogP contribution in [0.2, 0.25) is 0 Å². The second-order valence-electron chi connectivity index (χ2n) is 7.19. The van der Waals surface area contributed by atoms with Gasteiger partial charge >= 0.3 is 0 Å². The van der Waals surface area contributed by atoms with Gasteiger partial charge < -0.3 is 0 Å². The number of aromatic nitrogens is 8. The summed E-state index contributed by atoms with van der Waals surface area (Å²) in [6.07, 6.45) is 10.9. The predicted octanol–water partition coefficient (Wildman–Crippen LogP) is 3.15. The smallest absolute Gasteiger partial charge is 0.199 e. The Kier molecular flexibility index (Phi) is 5.98. The fraction of sp³-hybridized carbons (Fsp3) is 0.261. The molecule has 160 valence electrons. The highest BCUT2D eigenvalue weighted by Gasteiger charge is 2.20. The van der Waals surface area contributed by atoms with Gasteiger partial charge in [0.05, 0.1) is 45.0 Å². The Morgan fingerprint density at radius 3 is 1.50 bits per heavy atom. The minimum absolute atomic E-state index is 0.224. The van der Waals surface area contributed by atoms with E-state index in [1.807, 2.05) is 13.8 Å². The largest absolute Gasteiger partial charge is 0.288 e. The summed E-state index contributed by atoms with van der Waals surface area (Å²) in [6.45, 7) is 7.59. The second-order valence-corrected chi connectivity index (χ2v) is 7.19. The van der Waals surface area contributed by atoms with E-state index in [0.29, 0.717) is 34.2 Å². The molecule has 0 spiro atoms. The quantitative estimate of drug-likeness (QED) is 0.428. The fourth-order valence-electron chi connectivity index (χ4n) is 3.43. The van der Waals surface area contributed by atoms with Crippen LogP contribution in [-0.2, 0) is 12.8 Å². The van der Waals surface area contributed by atoms with Gasteiger partial charge in [-0.25, -0.2) is 39.9 Å². The minimum atomic E-state index is -0.224.